The maximum absolute atomic E-state index is 11.8. The monoisotopic (exact) mass is 463 g/mol. The maximum atomic E-state index is 11.8. The molecule has 10 nitrogen and oxygen atoms in total. The topological polar surface area (TPSA) is 152 Å². The van der Waals surface area contributed by atoms with Crippen molar-refractivity contribution in [3.8, 4) is 11.5 Å². The van der Waals surface area contributed by atoms with Gasteiger partial charge in [0, 0.05) is 17.5 Å². The average molecular weight is 463 g/mol. The van der Waals surface area contributed by atoms with E-state index < -0.39 is 54.6 Å². The smallest absolute Gasteiger partial charge is 0.227 e. The van der Waals surface area contributed by atoms with Crippen LogP contribution in [0.3, 0.4) is 0 Å². The normalized spacial score (nSPS) is 47.8. The van der Waals surface area contributed by atoms with Crippen LogP contribution in [0.5, 0.6) is 11.5 Å². The van der Waals surface area contributed by atoms with Crippen molar-refractivity contribution in [2.45, 2.75) is 66.9 Å². The lowest BCUT2D eigenvalue weighted by atomic mass is 9.52. The van der Waals surface area contributed by atoms with Gasteiger partial charge in [0.25, 0.3) is 0 Å². The van der Waals surface area contributed by atoms with Gasteiger partial charge in [0.15, 0.2) is 23.9 Å². The summed E-state index contributed by atoms with van der Waals surface area (Å²) in [5.41, 5.74) is 1.29. The summed E-state index contributed by atoms with van der Waals surface area (Å²) >= 11 is 0. The fraction of sp³-hybridized carbons (Fsp3) is 0.652. The Morgan fingerprint density at radius 3 is 2.73 bits per heavy atom. The van der Waals surface area contributed by atoms with Crippen LogP contribution in [0.15, 0.2) is 24.3 Å². The van der Waals surface area contributed by atoms with Crippen molar-refractivity contribution in [3.63, 3.8) is 0 Å². The number of rotatable bonds is 3. The zero-order chi connectivity index (χ0) is 23.3. The molecule has 5 aliphatic rings. The molecule has 1 aromatic carbocycles. The van der Waals surface area contributed by atoms with Gasteiger partial charge in [-0.1, -0.05) is 12.1 Å². The highest BCUT2D eigenvalue weighted by Crippen LogP contribution is 2.64. The standard InChI is InChI=1S/C23H29NO9/c1-24-7-6-22-11-4-5-23(30,33-20-18(29)17(28)16(27)14(9-25)31-20)21(22)32-19-13(26)3-2-10(15(19)22)8-12(11)24/h2-5,11-12,14,16-18,20-21,25-30H,6-9H2,1H3/t11-,12+,14+,16+,17-,18+,20-,21+,22-,23+/m0/s1. The second kappa shape index (κ2) is 7.12. The molecule has 2 fully saturated rings. The number of nitrogens with zero attached hydrogens (tertiary/aromatic N) is 1. The van der Waals surface area contributed by atoms with Crippen molar-refractivity contribution in [3.05, 3.63) is 35.4 Å². The van der Waals surface area contributed by atoms with E-state index in [-0.39, 0.29) is 17.7 Å². The van der Waals surface area contributed by atoms with E-state index in [4.69, 9.17) is 14.2 Å². The van der Waals surface area contributed by atoms with Crippen molar-refractivity contribution in [1.82, 2.24) is 4.90 Å². The first-order valence-electron chi connectivity index (χ1n) is 11.3. The summed E-state index contributed by atoms with van der Waals surface area (Å²) in [6.07, 6.45) is -3.64. The van der Waals surface area contributed by atoms with Crippen molar-refractivity contribution >= 4 is 0 Å². The van der Waals surface area contributed by atoms with Gasteiger partial charge in [0.2, 0.25) is 5.79 Å². The van der Waals surface area contributed by atoms with E-state index in [1.807, 2.05) is 12.1 Å². The van der Waals surface area contributed by atoms with E-state index in [0.717, 1.165) is 24.1 Å². The average Bonchev–Trinajstić information content (AvgIpc) is 3.16. The van der Waals surface area contributed by atoms with E-state index in [0.29, 0.717) is 12.2 Å². The molecule has 10 atom stereocenters. The molecule has 2 bridgehead atoms. The molecule has 0 radical (unpaired) electrons. The van der Waals surface area contributed by atoms with Crippen molar-refractivity contribution < 1.29 is 44.8 Å². The molecule has 0 unspecified atom stereocenters. The molecular weight excluding hydrogens is 434 g/mol. The van der Waals surface area contributed by atoms with Gasteiger partial charge >= 0.3 is 0 Å². The summed E-state index contributed by atoms with van der Waals surface area (Å²) in [6, 6.07) is 3.68. The minimum atomic E-state index is -2.06. The first-order chi connectivity index (χ1) is 15.7. The van der Waals surface area contributed by atoms with Crippen LogP contribution in [0.25, 0.3) is 0 Å². The third kappa shape index (κ3) is 2.72. The van der Waals surface area contributed by atoms with Crippen LogP contribution in [0.4, 0.5) is 0 Å². The third-order valence-electron chi connectivity index (χ3n) is 8.35. The van der Waals surface area contributed by atoms with Crippen molar-refractivity contribution in [2.75, 3.05) is 20.2 Å². The van der Waals surface area contributed by atoms with Gasteiger partial charge in [0.1, 0.15) is 24.4 Å². The Hall–Kier alpha value is -1.76. The first kappa shape index (κ1) is 21.8. The Morgan fingerprint density at radius 2 is 1.97 bits per heavy atom. The lowest BCUT2D eigenvalue weighted by Gasteiger charge is -2.58. The largest absolute Gasteiger partial charge is 0.504 e. The fourth-order valence-electron chi connectivity index (χ4n) is 6.72. The van der Waals surface area contributed by atoms with Crippen LogP contribution in [-0.4, -0.2) is 104 Å². The number of likely N-dealkylation sites (tertiary alicyclic amines) is 1. The number of phenols is 1. The van der Waals surface area contributed by atoms with Crippen LogP contribution < -0.4 is 4.74 Å². The van der Waals surface area contributed by atoms with Crippen LogP contribution in [-0.2, 0) is 21.3 Å². The SMILES string of the molecule is CN1CC[C@]23c4c5ccc(O)c4O[C@H]2[C@](O)(O[C@@H]2O[C@H](CO)[C@@H](O)[C@H](O)[C@H]2O)C=C[C@H]3[C@H]1C5. The van der Waals surface area contributed by atoms with Gasteiger partial charge in [-0.25, -0.2) is 0 Å². The van der Waals surface area contributed by atoms with E-state index in [1.165, 1.54) is 6.08 Å². The van der Waals surface area contributed by atoms with Gasteiger partial charge in [0.05, 0.1) is 12.0 Å². The molecule has 6 rings (SSSR count). The predicted octanol–water partition coefficient (Wildman–Crippen LogP) is -1.66. The Balaban J connectivity index is 1.43. The number of benzene rings is 1. The number of ether oxygens (including phenoxy) is 3. The molecule has 1 spiro atoms. The number of hydrogen-bond acceptors (Lipinski definition) is 10. The minimum absolute atomic E-state index is 0.00970. The highest BCUT2D eigenvalue weighted by Gasteiger charge is 2.69. The Morgan fingerprint density at radius 1 is 1.18 bits per heavy atom. The second-order valence-electron chi connectivity index (χ2n) is 9.94. The number of phenolic OH excluding ortho intramolecular Hbond substituents is 1. The summed E-state index contributed by atoms with van der Waals surface area (Å²) in [7, 11) is 2.08. The van der Waals surface area contributed by atoms with Crippen LogP contribution in [0.1, 0.15) is 17.5 Å². The van der Waals surface area contributed by atoms with Gasteiger partial charge in [-0.3, -0.25) is 0 Å². The van der Waals surface area contributed by atoms with Crippen LogP contribution in [0, 0.1) is 5.92 Å². The maximum Gasteiger partial charge on any atom is 0.227 e. The summed E-state index contributed by atoms with van der Waals surface area (Å²) in [5.74, 6) is -1.73. The third-order valence-corrected chi connectivity index (χ3v) is 8.35. The summed E-state index contributed by atoms with van der Waals surface area (Å²) in [5, 5.41) is 62.6. The number of piperidine rings is 1. The molecule has 180 valence electrons. The van der Waals surface area contributed by atoms with Gasteiger partial charge < -0.3 is 49.7 Å². The number of likely N-dealkylation sites (N-methyl/N-ethyl adjacent to an activating group) is 1. The molecule has 0 saturated carbocycles. The number of aromatic hydroxyl groups is 1. The second-order valence-corrected chi connectivity index (χ2v) is 9.94. The molecule has 2 aliphatic carbocycles. The first-order valence-corrected chi connectivity index (χ1v) is 11.3. The van der Waals surface area contributed by atoms with Gasteiger partial charge in [-0.2, -0.15) is 0 Å². The van der Waals surface area contributed by atoms with Crippen LogP contribution in [0.2, 0.25) is 0 Å². The Labute approximate surface area is 190 Å². The van der Waals surface area contributed by atoms with Gasteiger partial charge in [-0.05, 0) is 44.1 Å². The van der Waals surface area contributed by atoms with E-state index >= 15 is 0 Å². The molecule has 1 aromatic rings. The Kier molecular flexibility index (Phi) is 4.70. The molecular formula is C23H29NO9. The molecule has 6 N–H and O–H groups in total. The summed E-state index contributed by atoms with van der Waals surface area (Å²) in [6.45, 7) is 0.154. The van der Waals surface area contributed by atoms with E-state index in [2.05, 4.69) is 11.9 Å². The highest BCUT2D eigenvalue weighted by molar-refractivity contribution is 5.62. The Bertz CT molecular complexity index is 1000. The molecule has 33 heavy (non-hydrogen) atoms. The van der Waals surface area contributed by atoms with Crippen molar-refractivity contribution in [1.29, 1.82) is 0 Å². The van der Waals surface area contributed by atoms with Crippen molar-refractivity contribution in [2.24, 2.45) is 5.92 Å². The predicted molar refractivity (Wildman–Crippen MR) is 111 cm³/mol. The molecule has 10 heteroatoms. The molecule has 3 heterocycles. The zero-order valence-corrected chi connectivity index (χ0v) is 18.1. The zero-order valence-electron chi connectivity index (χ0n) is 18.1. The molecule has 3 aliphatic heterocycles. The quantitative estimate of drug-likeness (QED) is 0.227. The fourth-order valence-corrected chi connectivity index (χ4v) is 6.72. The number of aliphatic hydroxyl groups is 5. The highest BCUT2D eigenvalue weighted by atomic mass is 16.8. The summed E-state index contributed by atoms with van der Waals surface area (Å²) < 4.78 is 17.6. The van der Waals surface area contributed by atoms with E-state index in [1.54, 1.807) is 6.07 Å². The molecule has 0 amide bonds. The van der Waals surface area contributed by atoms with Crippen LogP contribution >= 0.6 is 0 Å². The summed E-state index contributed by atoms with van der Waals surface area (Å²) in [4.78, 5) is 2.30. The number of hydrogen-bond donors (Lipinski definition) is 6. The van der Waals surface area contributed by atoms with E-state index in [9.17, 15) is 30.6 Å². The number of aliphatic hydroxyl groups excluding tert-OH is 4. The minimum Gasteiger partial charge on any atom is -0.504 e. The lowest BCUT2D eigenvalue weighted by molar-refractivity contribution is -0.368. The van der Waals surface area contributed by atoms with Gasteiger partial charge in [-0.15, -0.1) is 0 Å². The molecule has 2 saturated heterocycles. The molecule has 0 aromatic heterocycles. The lowest BCUT2D eigenvalue weighted by Crippen LogP contribution is -2.70.